The average molecular weight is 436 g/mol. The molecule has 0 aliphatic carbocycles. The molecule has 0 radical (unpaired) electrons. The number of pyridine rings is 2. The zero-order valence-corrected chi connectivity index (χ0v) is 18.8. The van der Waals surface area contributed by atoms with Gasteiger partial charge in [0, 0.05) is 31.3 Å². The standard InChI is InChI=1S/C22H27N9O.H2/c1-13(2)21-27-28-29-31(21)20-8-6-7-19(25-20)26-22(32)17-9-16(15(5)10-23-17)18-11-30(12-24-18)14(3)4;/h6-14,28-29H,1-5H3,(H,25,26,32);1H. The first-order valence-corrected chi connectivity index (χ1v) is 10.5. The van der Waals surface area contributed by atoms with Crippen molar-refractivity contribution < 1.29 is 6.22 Å². The molecular formula is C22H29N9O. The Kier molecular flexibility index (Phi) is 5.87. The summed E-state index contributed by atoms with van der Waals surface area (Å²) in [5.74, 6) is 1.66. The fraction of sp³-hybridized carbons (Fsp3) is 0.318. The van der Waals surface area contributed by atoms with Crippen LogP contribution in [0.3, 0.4) is 0 Å². The maximum Gasteiger partial charge on any atom is 0.275 e. The van der Waals surface area contributed by atoms with E-state index in [1.165, 1.54) is 0 Å². The monoisotopic (exact) mass is 435 g/mol. The molecule has 4 heterocycles. The number of carbonyl (C=O) groups is 1. The van der Waals surface area contributed by atoms with Crippen molar-refractivity contribution in [1.29, 1.82) is 0 Å². The summed E-state index contributed by atoms with van der Waals surface area (Å²) >= 11 is 0. The van der Waals surface area contributed by atoms with Gasteiger partial charge in [0.2, 0.25) is 0 Å². The van der Waals surface area contributed by atoms with Gasteiger partial charge in [-0.05, 0) is 44.5 Å². The van der Waals surface area contributed by atoms with Crippen molar-refractivity contribution in [2.24, 2.45) is 11.0 Å². The number of hydrazine groups is 2. The Labute approximate surface area is 188 Å². The summed E-state index contributed by atoms with van der Waals surface area (Å²) in [6, 6.07) is 7.46. The van der Waals surface area contributed by atoms with E-state index in [9.17, 15) is 4.79 Å². The lowest BCUT2D eigenvalue weighted by atomic mass is 10.1. The summed E-state index contributed by atoms with van der Waals surface area (Å²) in [7, 11) is 0. The summed E-state index contributed by atoms with van der Waals surface area (Å²) in [5, 5.41) is 8.81. The molecule has 3 aromatic rings. The molecule has 0 unspecified atom stereocenters. The molecular weight excluding hydrogens is 406 g/mol. The predicted molar refractivity (Wildman–Crippen MR) is 126 cm³/mol. The van der Waals surface area contributed by atoms with Crippen LogP contribution in [0, 0.1) is 12.8 Å². The van der Waals surface area contributed by atoms with E-state index in [1.54, 1.807) is 29.7 Å². The Bertz CT molecular complexity index is 1170. The molecule has 0 fully saturated rings. The number of anilines is 2. The SMILES string of the molecule is Cc1cnc(C(=O)Nc2cccc(N3NNN=C3C(C)C)n2)cc1-c1cn(C(C)C)cn1.[HH]. The van der Waals surface area contributed by atoms with E-state index in [1.807, 2.05) is 43.7 Å². The number of nitrogens with one attached hydrogen (secondary N) is 3. The molecule has 0 atom stereocenters. The van der Waals surface area contributed by atoms with Gasteiger partial charge in [-0.2, -0.15) is 0 Å². The highest BCUT2D eigenvalue weighted by Crippen LogP contribution is 2.24. The Morgan fingerprint density at radius 1 is 1.19 bits per heavy atom. The van der Waals surface area contributed by atoms with E-state index >= 15 is 0 Å². The summed E-state index contributed by atoms with van der Waals surface area (Å²) in [5.41, 5.74) is 8.60. The normalized spacial score (nSPS) is 13.5. The van der Waals surface area contributed by atoms with Crippen molar-refractivity contribution in [2.45, 2.75) is 40.7 Å². The van der Waals surface area contributed by atoms with Gasteiger partial charge >= 0.3 is 0 Å². The number of carbonyl (C=O) groups excluding carboxylic acids is 1. The van der Waals surface area contributed by atoms with Crippen LogP contribution in [0.15, 0.2) is 48.1 Å². The minimum atomic E-state index is -0.343. The highest BCUT2D eigenvalue weighted by molar-refractivity contribution is 6.03. The van der Waals surface area contributed by atoms with Gasteiger partial charge < -0.3 is 9.88 Å². The molecule has 0 bridgehead atoms. The Balaban J connectivity index is 0.00000306. The Morgan fingerprint density at radius 3 is 2.72 bits per heavy atom. The third-order valence-electron chi connectivity index (χ3n) is 5.09. The molecule has 10 nitrogen and oxygen atoms in total. The number of hydrogen-bond acceptors (Lipinski definition) is 8. The lowest BCUT2D eigenvalue weighted by Crippen LogP contribution is -2.43. The van der Waals surface area contributed by atoms with Crippen LogP contribution in [-0.2, 0) is 0 Å². The van der Waals surface area contributed by atoms with Crippen LogP contribution in [0.1, 0.15) is 51.2 Å². The third kappa shape index (κ3) is 4.30. The van der Waals surface area contributed by atoms with Crippen LogP contribution < -0.4 is 21.4 Å². The number of amides is 1. The lowest BCUT2D eigenvalue weighted by Gasteiger charge is -2.20. The number of hydrazone groups is 1. The minimum Gasteiger partial charge on any atom is -0.334 e. The van der Waals surface area contributed by atoms with Crippen LogP contribution in [0.25, 0.3) is 11.3 Å². The first-order chi connectivity index (χ1) is 15.3. The Morgan fingerprint density at radius 2 is 2.00 bits per heavy atom. The molecule has 4 rings (SSSR count). The summed E-state index contributed by atoms with van der Waals surface area (Å²) in [4.78, 5) is 26.3. The van der Waals surface area contributed by atoms with E-state index in [0.717, 1.165) is 22.7 Å². The molecule has 0 spiro atoms. The van der Waals surface area contributed by atoms with Gasteiger partial charge in [0.1, 0.15) is 11.5 Å². The van der Waals surface area contributed by atoms with Gasteiger partial charge in [0.05, 0.1) is 12.0 Å². The lowest BCUT2D eigenvalue weighted by molar-refractivity contribution is 0.102. The number of aryl methyl sites for hydroxylation is 1. The number of hydrogen-bond donors (Lipinski definition) is 3. The molecule has 3 aromatic heterocycles. The van der Waals surface area contributed by atoms with Gasteiger partial charge in [-0.3, -0.25) is 9.78 Å². The van der Waals surface area contributed by atoms with Gasteiger partial charge in [0.15, 0.2) is 11.7 Å². The number of imidazole rings is 1. The molecule has 1 amide bonds. The van der Waals surface area contributed by atoms with Crippen molar-refractivity contribution in [3.63, 3.8) is 0 Å². The fourth-order valence-corrected chi connectivity index (χ4v) is 3.28. The number of nitrogens with zero attached hydrogens (tertiary/aromatic N) is 6. The second-order valence-electron chi connectivity index (χ2n) is 8.20. The van der Waals surface area contributed by atoms with Crippen molar-refractivity contribution in [1.82, 2.24) is 30.6 Å². The van der Waals surface area contributed by atoms with E-state index in [2.05, 4.69) is 50.3 Å². The van der Waals surface area contributed by atoms with Crippen molar-refractivity contribution in [3.05, 3.63) is 54.2 Å². The zero-order valence-electron chi connectivity index (χ0n) is 18.8. The van der Waals surface area contributed by atoms with Crippen molar-refractivity contribution in [3.8, 4) is 11.3 Å². The third-order valence-corrected chi connectivity index (χ3v) is 5.09. The van der Waals surface area contributed by atoms with E-state index in [-0.39, 0.29) is 13.3 Å². The predicted octanol–water partition coefficient (Wildman–Crippen LogP) is 3.53. The van der Waals surface area contributed by atoms with Gasteiger partial charge in [0.25, 0.3) is 5.91 Å². The fourth-order valence-electron chi connectivity index (χ4n) is 3.28. The maximum atomic E-state index is 12.9. The first-order valence-electron chi connectivity index (χ1n) is 10.5. The van der Waals surface area contributed by atoms with E-state index in [4.69, 9.17) is 0 Å². The average Bonchev–Trinajstić information content (AvgIpc) is 3.44. The van der Waals surface area contributed by atoms with Gasteiger partial charge in [-0.1, -0.05) is 19.9 Å². The van der Waals surface area contributed by atoms with Crippen molar-refractivity contribution >= 4 is 23.4 Å². The summed E-state index contributed by atoms with van der Waals surface area (Å²) in [6.07, 6.45) is 5.46. The van der Waals surface area contributed by atoms with Gasteiger partial charge in [-0.25, -0.2) is 20.5 Å². The molecule has 1 aliphatic heterocycles. The second-order valence-corrected chi connectivity index (χ2v) is 8.20. The smallest absolute Gasteiger partial charge is 0.275 e. The molecule has 0 saturated carbocycles. The largest absolute Gasteiger partial charge is 0.334 e. The summed E-state index contributed by atoms with van der Waals surface area (Å²) < 4.78 is 2.03. The van der Waals surface area contributed by atoms with Crippen LogP contribution in [0.5, 0.6) is 0 Å². The summed E-state index contributed by atoms with van der Waals surface area (Å²) in [6.45, 7) is 10.2. The minimum absolute atomic E-state index is 0. The van der Waals surface area contributed by atoms with Crippen LogP contribution in [0.4, 0.5) is 11.6 Å². The van der Waals surface area contributed by atoms with E-state index < -0.39 is 0 Å². The molecule has 10 heteroatoms. The molecule has 1 aliphatic rings. The number of aromatic nitrogens is 4. The molecule has 3 N–H and O–H groups in total. The highest BCUT2D eigenvalue weighted by Gasteiger charge is 2.23. The topological polar surface area (TPSA) is 112 Å². The molecule has 168 valence electrons. The van der Waals surface area contributed by atoms with Crippen LogP contribution >= 0.6 is 0 Å². The second kappa shape index (κ2) is 8.75. The number of amidine groups is 1. The zero-order chi connectivity index (χ0) is 22.8. The highest BCUT2D eigenvalue weighted by atomic mass is 16.1. The molecule has 32 heavy (non-hydrogen) atoms. The molecule has 0 aromatic carbocycles. The molecule has 0 saturated heterocycles. The van der Waals surface area contributed by atoms with E-state index in [0.29, 0.717) is 23.4 Å². The first kappa shape index (κ1) is 21.4. The Hall–Kier alpha value is -3.79. The van der Waals surface area contributed by atoms with Crippen molar-refractivity contribution in [2.75, 3.05) is 10.3 Å². The maximum absolute atomic E-state index is 12.9. The van der Waals surface area contributed by atoms with Gasteiger partial charge in [-0.15, -0.1) is 10.6 Å². The van der Waals surface area contributed by atoms with Crippen LogP contribution in [-0.4, -0.2) is 31.3 Å². The number of rotatable bonds is 6. The quantitative estimate of drug-likeness (QED) is 0.543. The van der Waals surface area contributed by atoms with Crippen LogP contribution in [0.2, 0.25) is 0 Å².